The Morgan fingerprint density at radius 3 is 1.78 bits per heavy atom. The van der Waals surface area contributed by atoms with E-state index in [1.807, 2.05) is 182 Å². The van der Waals surface area contributed by atoms with Crippen LogP contribution >= 0.6 is 0 Å². The number of carbonyl (C=O) groups excluding carboxylic acids is 2. The lowest BCUT2D eigenvalue weighted by atomic mass is 9.99. The predicted octanol–water partition coefficient (Wildman–Crippen LogP) is 15.5. The van der Waals surface area contributed by atoms with Crippen molar-refractivity contribution in [2.45, 2.75) is 33.6 Å². The molecule has 12 nitrogen and oxygen atoms in total. The van der Waals surface area contributed by atoms with E-state index in [1.165, 1.54) is 5.56 Å². The van der Waals surface area contributed by atoms with Crippen LogP contribution in [0.4, 0.5) is 34.1 Å². The van der Waals surface area contributed by atoms with Gasteiger partial charge < -0.3 is 26.3 Å². The van der Waals surface area contributed by atoms with Gasteiger partial charge in [0.1, 0.15) is 11.4 Å². The van der Waals surface area contributed by atoms with E-state index >= 15 is 0 Å². The Bertz CT molecular complexity index is 3790. The van der Waals surface area contributed by atoms with Crippen molar-refractivity contribution in [3.8, 4) is 28.4 Å². The van der Waals surface area contributed by atoms with Gasteiger partial charge in [0.15, 0.2) is 11.5 Å². The first-order valence-electron chi connectivity index (χ1n) is 24.2. The monoisotopic (exact) mass is 972 g/mol. The number of anilines is 4. The molecule has 364 valence electrons. The molecule has 0 unspecified atom stereocenters. The molecule has 12 heteroatoms. The summed E-state index contributed by atoms with van der Waals surface area (Å²) >= 11 is 0. The highest BCUT2D eigenvalue weighted by Crippen LogP contribution is 2.41. The van der Waals surface area contributed by atoms with Gasteiger partial charge in [-0.25, -0.2) is 4.68 Å². The average Bonchev–Trinajstić information content (AvgIpc) is 3.85. The van der Waals surface area contributed by atoms with Gasteiger partial charge in [0.2, 0.25) is 0 Å². The molecule has 6 N–H and O–H groups in total. The largest absolute Gasteiger partial charge is 0.505 e. The summed E-state index contributed by atoms with van der Waals surface area (Å²) in [5.74, 6) is -0.929. The molecule has 0 saturated heterocycles. The minimum atomic E-state index is -0.454. The van der Waals surface area contributed by atoms with Crippen LogP contribution < -0.4 is 21.5 Å². The number of phenolic OH excluding ortho intramolecular Hbond substituents is 2. The summed E-state index contributed by atoms with van der Waals surface area (Å²) in [6, 6.07) is 57.1. The van der Waals surface area contributed by atoms with Crippen molar-refractivity contribution in [3.63, 3.8) is 0 Å². The first-order valence-corrected chi connectivity index (χ1v) is 24.2. The number of rotatable bonds is 14. The van der Waals surface area contributed by atoms with E-state index in [4.69, 9.17) is 5.10 Å². The first-order chi connectivity index (χ1) is 36.0. The summed E-state index contributed by atoms with van der Waals surface area (Å²) in [5.41, 5.74) is 17.2. The third-order valence-electron chi connectivity index (χ3n) is 13.0. The third-order valence-corrected chi connectivity index (χ3v) is 13.0. The molecule has 10 aromatic rings. The zero-order valence-electron chi connectivity index (χ0n) is 41.1. The molecule has 0 aliphatic heterocycles. The minimum Gasteiger partial charge on any atom is -0.505 e. The SMILES string of the molecule is Cc1ccccc1NC(=O)c1cc2ccccc2c(N=Nc2ccc(-n3cc(/C=C/c4ccc(NNc5c(O)c(C(=O)Nc6ccccc6C)cc6ccccc56)cc4)c(-c4ccc(C(C)C)cc4)n3)cc2)c1O. The Labute approximate surface area is 428 Å². The molecule has 0 radical (unpaired) electrons. The number of phenols is 2. The quantitative estimate of drug-likeness (QED) is 0.0359. The van der Waals surface area contributed by atoms with E-state index in [-0.39, 0.29) is 28.3 Å². The zero-order valence-corrected chi connectivity index (χ0v) is 41.1. The van der Waals surface area contributed by atoms with Crippen LogP contribution in [-0.2, 0) is 0 Å². The number of hydrogen-bond acceptors (Lipinski definition) is 9. The van der Waals surface area contributed by atoms with Crippen molar-refractivity contribution in [1.82, 2.24) is 9.78 Å². The number of nitrogens with one attached hydrogen (secondary N) is 4. The van der Waals surface area contributed by atoms with Crippen LogP contribution in [0, 0.1) is 13.8 Å². The van der Waals surface area contributed by atoms with Gasteiger partial charge >= 0.3 is 0 Å². The standard InChI is InChI=1S/C62H52N8O4/c1-38(2)42-25-27-43(28-26-42)56-46(24-21-41-22-29-47(30-23-41)65-67-57-50-17-9-7-15-44(50)35-52(59(57)71)61(73)63-54-19-11-5-13-39(54)3)37-70(69-56)49-33-31-48(32-34-49)66-68-58-51-18-10-8-16-45(51)36-53(60(58)72)62(74)64-55-20-12-6-14-40(55)4/h5-38,65,67,71-72H,1-4H3,(H,63,73)(H,64,74)/b24-21+,68-66?. The minimum absolute atomic E-state index is 0.0909. The summed E-state index contributed by atoms with van der Waals surface area (Å²) < 4.78 is 1.83. The highest BCUT2D eigenvalue weighted by molar-refractivity contribution is 6.13. The van der Waals surface area contributed by atoms with E-state index in [0.29, 0.717) is 34.1 Å². The number of carbonyl (C=O) groups is 2. The van der Waals surface area contributed by atoms with Crippen molar-refractivity contribution in [3.05, 3.63) is 227 Å². The Morgan fingerprint density at radius 2 is 1.16 bits per heavy atom. The van der Waals surface area contributed by atoms with E-state index in [0.717, 1.165) is 61.0 Å². The van der Waals surface area contributed by atoms with Crippen LogP contribution in [0.2, 0.25) is 0 Å². The Balaban J connectivity index is 0.882. The van der Waals surface area contributed by atoms with Gasteiger partial charge in [-0.1, -0.05) is 147 Å². The predicted molar refractivity (Wildman–Crippen MR) is 299 cm³/mol. The lowest BCUT2D eigenvalue weighted by Gasteiger charge is -2.17. The number of aromatic nitrogens is 2. The molecule has 2 amide bonds. The van der Waals surface area contributed by atoms with E-state index in [2.05, 4.69) is 69.8 Å². The normalized spacial score (nSPS) is 11.5. The van der Waals surface area contributed by atoms with Gasteiger partial charge in [-0.2, -0.15) is 10.2 Å². The molecule has 0 aliphatic carbocycles. The summed E-state index contributed by atoms with van der Waals surface area (Å²) in [7, 11) is 0. The topological polar surface area (TPSA) is 165 Å². The summed E-state index contributed by atoms with van der Waals surface area (Å²) in [6.45, 7) is 8.17. The van der Waals surface area contributed by atoms with Crippen molar-refractivity contribution < 1.29 is 19.8 Å². The number of aryl methyl sites for hydroxylation is 2. The maximum atomic E-state index is 13.5. The molecule has 0 bridgehead atoms. The highest BCUT2D eigenvalue weighted by Gasteiger charge is 2.21. The van der Waals surface area contributed by atoms with Gasteiger partial charge in [-0.05, 0) is 113 Å². The number of azo groups is 1. The van der Waals surface area contributed by atoms with E-state index < -0.39 is 11.8 Å². The number of hydrazine groups is 1. The first kappa shape index (κ1) is 47.8. The Kier molecular flexibility index (Phi) is 13.5. The number of para-hydroxylation sites is 2. The maximum Gasteiger partial charge on any atom is 0.259 e. The molecule has 10 rings (SSSR count). The number of benzene rings is 9. The number of amides is 2. The fourth-order valence-corrected chi connectivity index (χ4v) is 8.70. The van der Waals surface area contributed by atoms with Crippen molar-refractivity contribution in [1.29, 1.82) is 0 Å². The van der Waals surface area contributed by atoms with Crippen molar-refractivity contribution in [2.75, 3.05) is 21.5 Å². The van der Waals surface area contributed by atoms with Crippen molar-refractivity contribution in [2.24, 2.45) is 10.2 Å². The second kappa shape index (κ2) is 20.9. The van der Waals surface area contributed by atoms with Crippen LogP contribution in [0.3, 0.4) is 0 Å². The lowest BCUT2D eigenvalue weighted by Crippen LogP contribution is -2.15. The van der Waals surface area contributed by atoms with E-state index in [9.17, 15) is 19.8 Å². The van der Waals surface area contributed by atoms with E-state index in [1.54, 1.807) is 12.1 Å². The maximum absolute atomic E-state index is 13.5. The third kappa shape index (κ3) is 10.2. The average molecular weight is 973 g/mol. The molecule has 0 aliphatic rings. The highest BCUT2D eigenvalue weighted by atomic mass is 16.3. The Morgan fingerprint density at radius 1 is 0.595 bits per heavy atom. The van der Waals surface area contributed by atoms with Gasteiger partial charge in [0.25, 0.3) is 11.8 Å². The van der Waals surface area contributed by atoms with Gasteiger partial charge in [-0.3, -0.25) is 15.0 Å². The molecule has 1 aromatic heterocycles. The number of fused-ring (bicyclic) bond motifs is 2. The van der Waals surface area contributed by atoms with Crippen LogP contribution in [0.15, 0.2) is 198 Å². The van der Waals surface area contributed by atoms with Crippen LogP contribution in [0.1, 0.15) is 68.3 Å². The summed E-state index contributed by atoms with van der Waals surface area (Å²) in [6.07, 6.45) is 6.06. The smallest absolute Gasteiger partial charge is 0.259 e. The molecular weight excluding hydrogens is 921 g/mol. The van der Waals surface area contributed by atoms with Crippen LogP contribution in [0.25, 0.3) is 50.6 Å². The van der Waals surface area contributed by atoms with Crippen LogP contribution in [0.5, 0.6) is 11.5 Å². The molecule has 0 saturated carbocycles. The van der Waals surface area contributed by atoms with Crippen molar-refractivity contribution >= 4 is 79.6 Å². The molecule has 0 spiro atoms. The molecule has 0 fully saturated rings. The van der Waals surface area contributed by atoms with Gasteiger partial charge in [0.05, 0.1) is 33.9 Å². The summed E-state index contributed by atoms with van der Waals surface area (Å²) in [5, 5.41) is 45.8. The second-order valence-electron chi connectivity index (χ2n) is 18.3. The molecule has 0 atom stereocenters. The van der Waals surface area contributed by atoms with Gasteiger partial charge in [-0.15, -0.1) is 5.11 Å². The molecular formula is C62H52N8O4. The van der Waals surface area contributed by atoms with Gasteiger partial charge in [0, 0.05) is 39.5 Å². The fraction of sp³-hybridized carbons (Fsp3) is 0.0806. The number of hydrogen-bond donors (Lipinski definition) is 6. The number of aromatic hydroxyl groups is 2. The molecule has 1 heterocycles. The zero-order chi connectivity index (χ0) is 51.3. The molecule has 74 heavy (non-hydrogen) atoms. The second-order valence-corrected chi connectivity index (χ2v) is 18.3. The number of nitrogens with zero attached hydrogens (tertiary/aromatic N) is 4. The summed E-state index contributed by atoms with van der Waals surface area (Å²) in [4.78, 5) is 27.0. The van der Waals surface area contributed by atoms with Crippen LogP contribution in [-0.4, -0.2) is 31.8 Å². The molecule has 9 aromatic carbocycles. The lowest BCUT2D eigenvalue weighted by molar-refractivity contribution is 0.101. The fourth-order valence-electron chi connectivity index (χ4n) is 8.70. The Hall–Kier alpha value is -9.81.